The average Bonchev–Trinajstić information content (AvgIpc) is 2.76. The lowest BCUT2D eigenvalue weighted by Crippen LogP contribution is -2.42. The van der Waals surface area contributed by atoms with Crippen LogP contribution in [0.2, 0.25) is 0 Å². The van der Waals surface area contributed by atoms with Gasteiger partial charge in [0, 0.05) is 56.7 Å². The van der Waals surface area contributed by atoms with Gasteiger partial charge in [-0.05, 0) is 44.7 Å². The molecule has 0 atom stereocenters. The number of likely N-dealkylation sites (tertiary alicyclic amines) is 1. The van der Waals surface area contributed by atoms with Gasteiger partial charge in [0.25, 0.3) is 0 Å². The van der Waals surface area contributed by atoms with E-state index >= 15 is 0 Å². The van der Waals surface area contributed by atoms with Crippen molar-refractivity contribution in [3.63, 3.8) is 0 Å². The van der Waals surface area contributed by atoms with Crippen LogP contribution in [-0.4, -0.2) is 52.1 Å². The predicted molar refractivity (Wildman–Crippen MR) is 103 cm³/mol. The smallest absolute Gasteiger partial charge is 0.241 e. The van der Waals surface area contributed by atoms with Gasteiger partial charge < -0.3 is 14.4 Å². The van der Waals surface area contributed by atoms with E-state index in [-0.39, 0.29) is 17.7 Å². The Morgan fingerprint density at radius 1 is 1.07 bits per heavy atom. The molecule has 2 aromatic rings. The molecule has 0 radical (unpaired) electrons. The highest BCUT2D eigenvalue weighted by molar-refractivity contribution is 5.79. The molecular formula is C21H26N4O3. The highest BCUT2D eigenvalue weighted by Crippen LogP contribution is 2.34. The van der Waals surface area contributed by atoms with Crippen molar-refractivity contribution in [2.75, 3.05) is 26.3 Å². The molecule has 7 nitrogen and oxygen atoms in total. The van der Waals surface area contributed by atoms with E-state index in [9.17, 15) is 4.79 Å². The molecule has 2 fully saturated rings. The van der Waals surface area contributed by atoms with Crippen LogP contribution in [0.5, 0.6) is 11.6 Å². The lowest BCUT2D eigenvalue weighted by atomic mass is 9.91. The molecule has 0 N–H and O–H groups in total. The van der Waals surface area contributed by atoms with Crippen molar-refractivity contribution in [3.8, 4) is 11.6 Å². The summed E-state index contributed by atoms with van der Waals surface area (Å²) in [4.78, 5) is 28.0. The van der Waals surface area contributed by atoms with Gasteiger partial charge in [0.15, 0.2) is 5.75 Å². The van der Waals surface area contributed by atoms with E-state index < -0.39 is 0 Å². The summed E-state index contributed by atoms with van der Waals surface area (Å²) in [6, 6.07) is 3.73. The molecule has 4 heterocycles. The number of hydrogen-bond donors (Lipinski definition) is 0. The molecule has 0 aliphatic carbocycles. The van der Waals surface area contributed by atoms with Crippen LogP contribution in [0.3, 0.4) is 0 Å². The highest BCUT2D eigenvalue weighted by atomic mass is 16.5. The second-order valence-electron chi connectivity index (χ2n) is 7.42. The standard InChI is InChI=1S/C21H26N4O3/c1-15-18(3-2-8-22-15)28-20-19(23-9-10-24-20)16-4-11-25(12-5-16)21(26)17-6-13-27-14-7-17/h2-3,8-10,16-17H,4-7,11-14H2,1H3. The molecule has 0 aromatic carbocycles. The summed E-state index contributed by atoms with van der Waals surface area (Å²) in [7, 11) is 0. The lowest BCUT2D eigenvalue weighted by molar-refractivity contribution is -0.139. The Labute approximate surface area is 165 Å². The first-order valence-corrected chi connectivity index (χ1v) is 9.99. The third-order valence-corrected chi connectivity index (χ3v) is 5.62. The van der Waals surface area contributed by atoms with E-state index in [2.05, 4.69) is 15.0 Å². The molecule has 2 aromatic heterocycles. The van der Waals surface area contributed by atoms with E-state index in [1.807, 2.05) is 24.0 Å². The zero-order chi connectivity index (χ0) is 19.3. The van der Waals surface area contributed by atoms with Gasteiger partial charge in [-0.1, -0.05) is 0 Å². The van der Waals surface area contributed by atoms with Crippen molar-refractivity contribution in [2.24, 2.45) is 5.92 Å². The van der Waals surface area contributed by atoms with Crippen LogP contribution in [-0.2, 0) is 9.53 Å². The van der Waals surface area contributed by atoms with Crippen LogP contribution in [0.15, 0.2) is 30.7 Å². The minimum absolute atomic E-state index is 0.120. The second kappa shape index (κ2) is 8.65. The molecule has 1 amide bonds. The Hall–Kier alpha value is -2.54. The first-order valence-electron chi connectivity index (χ1n) is 9.99. The van der Waals surface area contributed by atoms with Gasteiger partial charge in [-0.3, -0.25) is 14.8 Å². The Morgan fingerprint density at radius 3 is 2.57 bits per heavy atom. The molecule has 0 bridgehead atoms. The highest BCUT2D eigenvalue weighted by Gasteiger charge is 2.31. The van der Waals surface area contributed by atoms with Crippen LogP contribution in [0.25, 0.3) is 0 Å². The second-order valence-corrected chi connectivity index (χ2v) is 7.42. The minimum Gasteiger partial charge on any atom is -0.435 e. The van der Waals surface area contributed by atoms with Crippen LogP contribution < -0.4 is 4.74 Å². The summed E-state index contributed by atoms with van der Waals surface area (Å²) in [5, 5.41) is 0. The Bertz CT molecular complexity index is 815. The fraction of sp³-hybridized carbons (Fsp3) is 0.524. The van der Waals surface area contributed by atoms with Crippen LogP contribution in [0, 0.1) is 12.8 Å². The summed E-state index contributed by atoms with van der Waals surface area (Å²) >= 11 is 0. The van der Waals surface area contributed by atoms with Crippen LogP contribution >= 0.6 is 0 Å². The van der Waals surface area contributed by atoms with Gasteiger partial charge >= 0.3 is 0 Å². The number of amides is 1. The van der Waals surface area contributed by atoms with Crippen molar-refractivity contribution in [2.45, 2.75) is 38.5 Å². The van der Waals surface area contributed by atoms with E-state index in [0.717, 1.165) is 50.2 Å². The van der Waals surface area contributed by atoms with Gasteiger partial charge in [-0.15, -0.1) is 0 Å². The summed E-state index contributed by atoms with van der Waals surface area (Å²) < 4.78 is 11.4. The molecule has 0 saturated carbocycles. The molecule has 7 heteroatoms. The minimum atomic E-state index is 0.120. The van der Waals surface area contributed by atoms with Gasteiger partial charge in [0.1, 0.15) is 5.69 Å². The summed E-state index contributed by atoms with van der Waals surface area (Å²) in [5.74, 6) is 1.86. The number of rotatable bonds is 4. The molecular weight excluding hydrogens is 356 g/mol. The first-order chi connectivity index (χ1) is 13.7. The normalized spacial score (nSPS) is 18.8. The number of ether oxygens (including phenoxy) is 2. The Balaban J connectivity index is 1.42. The van der Waals surface area contributed by atoms with Crippen LogP contribution in [0.1, 0.15) is 43.0 Å². The van der Waals surface area contributed by atoms with E-state index in [0.29, 0.717) is 24.8 Å². The molecule has 2 aliphatic heterocycles. The van der Waals surface area contributed by atoms with Gasteiger partial charge in [0.2, 0.25) is 11.8 Å². The summed E-state index contributed by atoms with van der Waals surface area (Å²) in [6.07, 6.45) is 8.51. The summed E-state index contributed by atoms with van der Waals surface area (Å²) in [5.41, 5.74) is 1.68. The third-order valence-electron chi connectivity index (χ3n) is 5.62. The lowest BCUT2D eigenvalue weighted by Gasteiger charge is -2.35. The van der Waals surface area contributed by atoms with Crippen molar-refractivity contribution in [1.82, 2.24) is 19.9 Å². The van der Waals surface area contributed by atoms with Gasteiger partial charge in [-0.25, -0.2) is 4.98 Å². The van der Waals surface area contributed by atoms with Crippen molar-refractivity contribution >= 4 is 5.91 Å². The van der Waals surface area contributed by atoms with Gasteiger partial charge in [0.05, 0.1) is 5.69 Å². The van der Waals surface area contributed by atoms with Crippen LogP contribution in [0.4, 0.5) is 0 Å². The number of hydrogen-bond acceptors (Lipinski definition) is 6. The molecule has 0 spiro atoms. The SMILES string of the molecule is Cc1ncccc1Oc1nccnc1C1CCN(C(=O)C2CCOCC2)CC1. The van der Waals surface area contributed by atoms with Crippen molar-refractivity contribution < 1.29 is 14.3 Å². The van der Waals surface area contributed by atoms with E-state index in [4.69, 9.17) is 9.47 Å². The Kier molecular flexibility index (Phi) is 5.81. The number of carbonyl (C=O) groups is 1. The van der Waals surface area contributed by atoms with Gasteiger partial charge in [-0.2, -0.15) is 0 Å². The van der Waals surface area contributed by atoms with E-state index in [1.165, 1.54) is 0 Å². The number of piperidine rings is 1. The monoisotopic (exact) mass is 382 g/mol. The fourth-order valence-corrected chi connectivity index (χ4v) is 3.95. The van der Waals surface area contributed by atoms with Crippen molar-refractivity contribution in [1.29, 1.82) is 0 Å². The quantitative estimate of drug-likeness (QED) is 0.809. The Morgan fingerprint density at radius 2 is 1.82 bits per heavy atom. The fourth-order valence-electron chi connectivity index (χ4n) is 3.95. The maximum atomic E-state index is 12.8. The predicted octanol–water partition coefficient (Wildman–Crippen LogP) is 3.10. The number of aryl methyl sites for hydroxylation is 1. The van der Waals surface area contributed by atoms with Crippen molar-refractivity contribution in [3.05, 3.63) is 42.1 Å². The zero-order valence-electron chi connectivity index (χ0n) is 16.2. The topological polar surface area (TPSA) is 77.4 Å². The number of nitrogens with zero attached hydrogens (tertiary/aromatic N) is 4. The zero-order valence-corrected chi connectivity index (χ0v) is 16.2. The molecule has 148 valence electrons. The first kappa shape index (κ1) is 18.8. The third kappa shape index (κ3) is 4.14. The largest absolute Gasteiger partial charge is 0.435 e. The number of aromatic nitrogens is 3. The van der Waals surface area contributed by atoms with E-state index in [1.54, 1.807) is 18.6 Å². The molecule has 28 heavy (non-hydrogen) atoms. The number of pyridine rings is 1. The average molecular weight is 382 g/mol. The molecule has 4 rings (SSSR count). The number of carbonyl (C=O) groups excluding carboxylic acids is 1. The molecule has 2 aliphatic rings. The maximum Gasteiger partial charge on any atom is 0.241 e. The summed E-state index contributed by atoms with van der Waals surface area (Å²) in [6.45, 7) is 4.80. The molecule has 0 unspecified atom stereocenters. The maximum absolute atomic E-state index is 12.8. The molecule has 2 saturated heterocycles.